The monoisotopic (exact) mass is 299 g/mol. The summed E-state index contributed by atoms with van der Waals surface area (Å²) in [5, 5.41) is 11.8. The first kappa shape index (κ1) is 16.0. The summed E-state index contributed by atoms with van der Waals surface area (Å²) < 4.78 is 5.61. The number of rotatable bonds is 6. The lowest BCUT2D eigenvalue weighted by molar-refractivity contribution is -0.127. The normalized spacial score (nSPS) is 13.2. The zero-order valence-corrected chi connectivity index (χ0v) is 12.8. The standard InChI is InChI=1S/C18H21NO3/c1-13(20)12-19-18(21)14(2)22-17-10-8-16(9-11-17)15-6-4-3-5-7-15/h3-11,13-14,20H,12H2,1-2H3,(H,19,21). The van der Waals surface area contributed by atoms with Crippen LogP contribution < -0.4 is 10.1 Å². The molecule has 4 heteroatoms. The molecule has 0 radical (unpaired) electrons. The molecule has 0 aliphatic rings. The van der Waals surface area contributed by atoms with Crippen molar-refractivity contribution >= 4 is 5.91 Å². The highest BCUT2D eigenvalue weighted by Gasteiger charge is 2.14. The number of aliphatic hydroxyl groups is 1. The summed E-state index contributed by atoms with van der Waals surface area (Å²) in [7, 11) is 0. The minimum Gasteiger partial charge on any atom is -0.481 e. The van der Waals surface area contributed by atoms with Crippen molar-refractivity contribution in [2.24, 2.45) is 0 Å². The molecule has 4 nitrogen and oxygen atoms in total. The van der Waals surface area contributed by atoms with E-state index in [2.05, 4.69) is 5.32 Å². The van der Waals surface area contributed by atoms with Crippen molar-refractivity contribution in [1.29, 1.82) is 0 Å². The third-order valence-electron chi connectivity index (χ3n) is 3.22. The van der Waals surface area contributed by atoms with Crippen molar-refractivity contribution in [2.45, 2.75) is 26.1 Å². The van der Waals surface area contributed by atoms with Gasteiger partial charge in [-0.25, -0.2) is 0 Å². The van der Waals surface area contributed by atoms with E-state index in [1.54, 1.807) is 13.8 Å². The van der Waals surface area contributed by atoms with Crippen LogP contribution in [-0.2, 0) is 4.79 Å². The summed E-state index contributed by atoms with van der Waals surface area (Å²) in [5.74, 6) is 0.396. The Morgan fingerprint density at radius 1 is 1.05 bits per heavy atom. The molecule has 116 valence electrons. The molecular weight excluding hydrogens is 278 g/mol. The summed E-state index contributed by atoms with van der Waals surface area (Å²) in [6, 6.07) is 17.7. The van der Waals surface area contributed by atoms with Gasteiger partial charge in [-0.1, -0.05) is 42.5 Å². The Bertz CT molecular complexity index is 593. The van der Waals surface area contributed by atoms with Crippen LogP contribution in [0.5, 0.6) is 5.75 Å². The first-order chi connectivity index (χ1) is 10.6. The van der Waals surface area contributed by atoms with E-state index in [1.807, 2.05) is 54.6 Å². The Balaban J connectivity index is 1.95. The van der Waals surface area contributed by atoms with Gasteiger partial charge in [0.2, 0.25) is 0 Å². The van der Waals surface area contributed by atoms with E-state index in [4.69, 9.17) is 9.84 Å². The molecule has 0 aliphatic carbocycles. The molecular formula is C18H21NO3. The molecule has 2 aromatic carbocycles. The van der Waals surface area contributed by atoms with Gasteiger partial charge >= 0.3 is 0 Å². The molecule has 1 amide bonds. The van der Waals surface area contributed by atoms with Crippen LogP contribution in [0.15, 0.2) is 54.6 Å². The maximum absolute atomic E-state index is 11.8. The zero-order chi connectivity index (χ0) is 15.9. The van der Waals surface area contributed by atoms with Crippen LogP contribution in [0.1, 0.15) is 13.8 Å². The molecule has 2 N–H and O–H groups in total. The van der Waals surface area contributed by atoms with Gasteiger partial charge in [0.25, 0.3) is 5.91 Å². The first-order valence-electron chi connectivity index (χ1n) is 7.34. The van der Waals surface area contributed by atoms with Crippen molar-refractivity contribution in [1.82, 2.24) is 5.32 Å². The summed E-state index contributed by atoms with van der Waals surface area (Å²) in [5.41, 5.74) is 2.23. The second kappa shape index (κ2) is 7.61. The van der Waals surface area contributed by atoms with Crippen LogP contribution in [0.4, 0.5) is 0 Å². The van der Waals surface area contributed by atoms with E-state index >= 15 is 0 Å². The second-order valence-corrected chi connectivity index (χ2v) is 5.24. The van der Waals surface area contributed by atoms with Gasteiger partial charge in [-0.3, -0.25) is 4.79 Å². The third-order valence-corrected chi connectivity index (χ3v) is 3.22. The Morgan fingerprint density at radius 3 is 2.23 bits per heavy atom. The Hall–Kier alpha value is -2.33. The minimum absolute atomic E-state index is 0.222. The van der Waals surface area contributed by atoms with E-state index in [0.717, 1.165) is 11.1 Å². The fourth-order valence-electron chi connectivity index (χ4n) is 2.01. The highest BCUT2D eigenvalue weighted by molar-refractivity contribution is 5.80. The number of benzene rings is 2. The van der Waals surface area contributed by atoms with E-state index in [1.165, 1.54) is 0 Å². The quantitative estimate of drug-likeness (QED) is 0.862. The molecule has 2 aromatic rings. The van der Waals surface area contributed by atoms with E-state index < -0.39 is 12.2 Å². The lowest BCUT2D eigenvalue weighted by Crippen LogP contribution is -2.39. The summed E-state index contributed by atoms with van der Waals surface area (Å²) in [6.45, 7) is 3.52. The minimum atomic E-state index is -0.610. The van der Waals surface area contributed by atoms with Crippen LogP contribution in [0.3, 0.4) is 0 Å². The summed E-state index contributed by atoms with van der Waals surface area (Å²) in [4.78, 5) is 11.8. The van der Waals surface area contributed by atoms with Crippen LogP contribution in [0.25, 0.3) is 11.1 Å². The number of carbonyl (C=O) groups excluding carboxylic acids is 1. The zero-order valence-electron chi connectivity index (χ0n) is 12.8. The Morgan fingerprint density at radius 2 is 1.64 bits per heavy atom. The van der Waals surface area contributed by atoms with Crippen molar-refractivity contribution in [2.75, 3.05) is 6.54 Å². The molecule has 0 fully saturated rings. The second-order valence-electron chi connectivity index (χ2n) is 5.24. The van der Waals surface area contributed by atoms with Gasteiger partial charge < -0.3 is 15.2 Å². The Labute approximate surface area is 130 Å². The number of amides is 1. The van der Waals surface area contributed by atoms with Gasteiger partial charge in [-0.2, -0.15) is 0 Å². The number of nitrogens with one attached hydrogen (secondary N) is 1. The maximum Gasteiger partial charge on any atom is 0.260 e. The molecule has 0 saturated heterocycles. The predicted octanol–water partition coefficient (Wildman–Crippen LogP) is 2.62. The molecule has 0 spiro atoms. The highest BCUT2D eigenvalue weighted by Crippen LogP contribution is 2.22. The highest BCUT2D eigenvalue weighted by atomic mass is 16.5. The van der Waals surface area contributed by atoms with Crippen molar-refractivity contribution in [3.05, 3.63) is 54.6 Å². The third kappa shape index (κ3) is 4.60. The number of carbonyl (C=O) groups is 1. The van der Waals surface area contributed by atoms with Crippen molar-refractivity contribution in [3.63, 3.8) is 0 Å². The average molecular weight is 299 g/mol. The topological polar surface area (TPSA) is 58.6 Å². The van der Waals surface area contributed by atoms with Crippen LogP contribution >= 0.6 is 0 Å². The molecule has 0 heterocycles. The van der Waals surface area contributed by atoms with Crippen LogP contribution in [0.2, 0.25) is 0 Å². The largest absolute Gasteiger partial charge is 0.481 e. The smallest absolute Gasteiger partial charge is 0.260 e. The molecule has 0 aliphatic heterocycles. The predicted molar refractivity (Wildman–Crippen MR) is 86.7 cm³/mol. The number of hydrogen-bond acceptors (Lipinski definition) is 3. The average Bonchev–Trinajstić information content (AvgIpc) is 2.54. The fourth-order valence-corrected chi connectivity index (χ4v) is 2.01. The van der Waals surface area contributed by atoms with Crippen molar-refractivity contribution < 1.29 is 14.6 Å². The summed E-state index contributed by atoms with van der Waals surface area (Å²) >= 11 is 0. The van der Waals surface area contributed by atoms with Gasteiger partial charge in [-0.15, -0.1) is 0 Å². The summed E-state index contributed by atoms with van der Waals surface area (Å²) in [6.07, 6.45) is -1.18. The van der Waals surface area contributed by atoms with E-state index in [0.29, 0.717) is 5.75 Å². The Kier molecular flexibility index (Phi) is 5.55. The van der Waals surface area contributed by atoms with E-state index in [-0.39, 0.29) is 12.5 Å². The van der Waals surface area contributed by atoms with E-state index in [9.17, 15) is 4.79 Å². The molecule has 0 aromatic heterocycles. The van der Waals surface area contributed by atoms with Gasteiger partial charge in [-0.05, 0) is 37.1 Å². The first-order valence-corrected chi connectivity index (χ1v) is 7.34. The lowest BCUT2D eigenvalue weighted by Gasteiger charge is -2.15. The lowest BCUT2D eigenvalue weighted by atomic mass is 10.1. The van der Waals surface area contributed by atoms with Gasteiger partial charge in [0.15, 0.2) is 6.10 Å². The number of aliphatic hydroxyl groups excluding tert-OH is 1. The molecule has 0 bridgehead atoms. The number of hydrogen-bond donors (Lipinski definition) is 2. The van der Waals surface area contributed by atoms with Crippen molar-refractivity contribution in [3.8, 4) is 16.9 Å². The molecule has 2 rings (SSSR count). The van der Waals surface area contributed by atoms with Gasteiger partial charge in [0, 0.05) is 6.54 Å². The molecule has 2 unspecified atom stereocenters. The van der Waals surface area contributed by atoms with Crippen LogP contribution in [-0.4, -0.2) is 29.8 Å². The SMILES string of the molecule is CC(O)CNC(=O)C(C)Oc1ccc(-c2ccccc2)cc1. The van der Waals surface area contributed by atoms with Gasteiger partial charge in [0.1, 0.15) is 5.75 Å². The maximum atomic E-state index is 11.8. The molecule has 22 heavy (non-hydrogen) atoms. The number of ether oxygens (including phenoxy) is 1. The van der Waals surface area contributed by atoms with Crippen LogP contribution in [0, 0.1) is 0 Å². The van der Waals surface area contributed by atoms with Gasteiger partial charge in [0.05, 0.1) is 6.10 Å². The molecule has 0 saturated carbocycles. The fraction of sp³-hybridized carbons (Fsp3) is 0.278. The molecule has 2 atom stereocenters.